The molecule has 1 saturated heterocycles. The molecule has 1 atom stereocenters. The summed E-state index contributed by atoms with van der Waals surface area (Å²) in [6.07, 6.45) is 1.21. The van der Waals surface area contributed by atoms with E-state index < -0.39 is 15.9 Å². The molecule has 1 fully saturated rings. The Morgan fingerprint density at radius 3 is 2.16 bits per heavy atom. The lowest BCUT2D eigenvalue weighted by Gasteiger charge is -2.31. The SMILES string of the molecule is Cc1ccc(S(=O)(=O)N2CCC[C@@H](C(=O)Nc3cccc(NC(=O)c4ccc(C(C)(C)C)cc4)c3)C2)cc1. The summed E-state index contributed by atoms with van der Waals surface area (Å²) >= 11 is 0. The molecule has 0 saturated carbocycles. The molecular weight excluding hydrogens is 498 g/mol. The molecule has 3 aromatic carbocycles. The summed E-state index contributed by atoms with van der Waals surface area (Å²) in [5, 5.41) is 5.78. The molecule has 38 heavy (non-hydrogen) atoms. The quantitative estimate of drug-likeness (QED) is 0.432. The molecule has 200 valence electrons. The zero-order valence-electron chi connectivity index (χ0n) is 22.3. The third-order valence-electron chi connectivity index (χ3n) is 6.81. The summed E-state index contributed by atoms with van der Waals surface area (Å²) in [6, 6.07) is 21.2. The first kappa shape index (κ1) is 27.5. The molecule has 0 aliphatic carbocycles. The predicted molar refractivity (Wildman–Crippen MR) is 151 cm³/mol. The van der Waals surface area contributed by atoms with Crippen molar-refractivity contribution in [1.82, 2.24) is 4.31 Å². The molecule has 3 aromatic rings. The van der Waals surface area contributed by atoms with Gasteiger partial charge in [-0.1, -0.05) is 56.7 Å². The van der Waals surface area contributed by atoms with E-state index in [1.165, 1.54) is 4.31 Å². The fourth-order valence-corrected chi connectivity index (χ4v) is 6.00. The van der Waals surface area contributed by atoms with E-state index in [9.17, 15) is 18.0 Å². The van der Waals surface area contributed by atoms with Gasteiger partial charge in [0.2, 0.25) is 15.9 Å². The van der Waals surface area contributed by atoms with Gasteiger partial charge in [-0.15, -0.1) is 0 Å². The molecule has 2 amide bonds. The van der Waals surface area contributed by atoms with Crippen molar-refractivity contribution in [3.63, 3.8) is 0 Å². The summed E-state index contributed by atoms with van der Waals surface area (Å²) < 4.78 is 27.6. The van der Waals surface area contributed by atoms with Crippen molar-refractivity contribution in [3.8, 4) is 0 Å². The monoisotopic (exact) mass is 533 g/mol. The van der Waals surface area contributed by atoms with Crippen LogP contribution in [0.3, 0.4) is 0 Å². The zero-order valence-corrected chi connectivity index (χ0v) is 23.1. The number of piperidine rings is 1. The number of anilines is 2. The van der Waals surface area contributed by atoms with Crippen molar-refractivity contribution in [2.24, 2.45) is 5.92 Å². The number of sulfonamides is 1. The van der Waals surface area contributed by atoms with E-state index in [-0.39, 0.29) is 28.7 Å². The Balaban J connectivity index is 1.39. The number of hydrogen-bond donors (Lipinski definition) is 2. The highest BCUT2D eigenvalue weighted by Crippen LogP contribution is 2.26. The molecule has 0 spiro atoms. The van der Waals surface area contributed by atoms with Crippen molar-refractivity contribution in [3.05, 3.63) is 89.5 Å². The first-order valence-electron chi connectivity index (χ1n) is 12.8. The van der Waals surface area contributed by atoms with Crippen LogP contribution in [0.15, 0.2) is 77.7 Å². The Hall–Kier alpha value is -3.49. The average molecular weight is 534 g/mol. The third-order valence-corrected chi connectivity index (χ3v) is 8.69. The minimum absolute atomic E-state index is 0.00175. The summed E-state index contributed by atoms with van der Waals surface area (Å²) in [4.78, 5) is 26.1. The molecule has 7 nitrogen and oxygen atoms in total. The molecular formula is C30H35N3O4S. The summed E-state index contributed by atoms with van der Waals surface area (Å²) in [5.74, 6) is -0.947. The lowest BCUT2D eigenvalue weighted by atomic mass is 9.87. The molecule has 1 aliphatic heterocycles. The smallest absolute Gasteiger partial charge is 0.255 e. The van der Waals surface area contributed by atoms with Gasteiger partial charge in [0.15, 0.2) is 0 Å². The molecule has 2 N–H and O–H groups in total. The van der Waals surface area contributed by atoms with Gasteiger partial charge in [0.05, 0.1) is 10.8 Å². The Labute approximate surface area is 225 Å². The minimum atomic E-state index is -3.67. The van der Waals surface area contributed by atoms with Crippen molar-refractivity contribution >= 4 is 33.2 Å². The Morgan fingerprint density at radius 2 is 1.53 bits per heavy atom. The first-order chi connectivity index (χ1) is 17.9. The fourth-order valence-electron chi connectivity index (χ4n) is 4.48. The molecule has 1 heterocycles. The second-order valence-electron chi connectivity index (χ2n) is 10.9. The molecule has 8 heteroatoms. The molecule has 0 bridgehead atoms. The Bertz CT molecular complexity index is 1410. The van der Waals surface area contributed by atoms with Crippen LogP contribution >= 0.6 is 0 Å². The lowest BCUT2D eigenvalue weighted by molar-refractivity contribution is -0.120. The number of rotatable bonds is 6. The van der Waals surface area contributed by atoms with Gasteiger partial charge < -0.3 is 10.6 Å². The number of carbonyl (C=O) groups is 2. The van der Waals surface area contributed by atoms with Gasteiger partial charge in [0, 0.05) is 30.0 Å². The van der Waals surface area contributed by atoms with E-state index >= 15 is 0 Å². The summed E-state index contributed by atoms with van der Waals surface area (Å²) in [6.45, 7) is 8.78. The van der Waals surface area contributed by atoms with E-state index in [4.69, 9.17) is 0 Å². The third kappa shape index (κ3) is 6.49. The normalized spacial score (nSPS) is 16.6. The van der Waals surface area contributed by atoms with Gasteiger partial charge in [0.1, 0.15) is 0 Å². The van der Waals surface area contributed by atoms with Crippen molar-refractivity contribution in [2.45, 2.75) is 50.8 Å². The van der Waals surface area contributed by atoms with Crippen LogP contribution in [0.1, 0.15) is 55.1 Å². The van der Waals surface area contributed by atoms with Crippen LogP contribution in [0.4, 0.5) is 11.4 Å². The molecule has 4 rings (SSSR count). The maximum Gasteiger partial charge on any atom is 0.255 e. The number of aryl methyl sites for hydroxylation is 1. The van der Waals surface area contributed by atoms with Crippen LogP contribution in [-0.2, 0) is 20.2 Å². The van der Waals surface area contributed by atoms with Gasteiger partial charge >= 0.3 is 0 Å². The van der Waals surface area contributed by atoms with E-state index in [0.29, 0.717) is 36.3 Å². The highest BCUT2D eigenvalue weighted by atomic mass is 32.2. The number of carbonyl (C=O) groups excluding carboxylic acids is 2. The average Bonchev–Trinajstić information content (AvgIpc) is 2.89. The number of hydrogen-bond acceptors (Lipinski definition) is 4. The van der Waals surface area contributed by atoms with Crippen LogP contribution in [0.25, 0.3) is 0 Å². The van der Waals surface area contributed by atoms with Gasteiger partial charge in [-0.3, -0.25) is 9.59 Å². The van der Waals surface area contributed by atoms with Crippen LogP contribution in [0.2, 0.25) is 0 Å². The second-order valence-corrected chi connectivity index (χ2v) is 12.8. The van der Waals surface area contributed by atoms with Crippen LogP contribution in [-0.4, -0.2) is 37.6 Å². The van der Waals surface area contributed by atoms with E-state index in [2.05, 4.69) is 31.4 Å². The van der Waals surface area contributed by atoms with Gasteiger partial charge in [0.25, 0.3) is 5.91 Å². The maximum absolute atomic E-state index is 13.1. The molecule has 0 radical (unpaired) electrons. The Morgan fingerprint density at radius 1 is 0.895 bits per heavy atom. The number of nitrogens with zero attached hydrogens (tertiary/aromatic N) is 1. The molecule has 0 unspecified atom stereocenters. The maximum atomic E-state index is 13.1. The highest BCUT2D eigenvalue weighted by Gasteiger charge is 2.33. The molecule has 1 aliphatic rings. The van der Waals surface area contributed by atoms with E-state index in [1.54, 1.807) is 60.7 Å². The van der Waals surface area contributed by atoms with Gasteiger partial charge in [-0.25, -0.2) is 8.42 Å². The second kappa shape index (κ2) is 11.1. The summed E-state index contributed by atoms with van der Waals surface area (Å²) in [5.41, 5.74) is 3.77. The predicted octanol–water partition coefficient (Wildman–Crippen LogP) is 5.58. The largest absolute Gasteiger partial charge is 0.326 e. The standard InChI is InChI=1S/C30H35N3O4S/c1-21-10-16-27(17-11-21)38(36,37)33-18-6-7-23(20-33)29(35)32-26-9-5-8-25(19-26)31-28(34)22-12-14-24(15-13-22)30(2,3)4/h5,8-17,19,23H,6-7,18,20H2,1-4H3,(H,31,34)(H,32,35)/t23-/m1/s1. The van der Waals surface area contributed by atoms with Crippen molar-refractivity contribution in [2.75, 3.05) is 23.7 Å². The zero-order chi connectivity index (χ0) is 27.5. The van der Waals surface area contributed by atoms with Crippen LogP contribution in [0.5, 0.6) is 0 Å². The topological polar surface area (TPSA) is 95.6 Å². The van der Waals surface area contributed by atoms with Crippen LogP contribution in [0, 0.1) is 12.8 Å². The van der Waals surface area contributed by atoms with Crippen LogP contribution < -0.4 is 10.6 Å². The Kier molecular flexibility index (Phi) is 8.04. The summed E-state index contributed by atoms with van der Waals surface area (Å²) in [7, 11) is -3.67. The minimum Gasteiger partial charge on any atom is -0.326 e. The van der Waals surface area contributed by atoms with Gasteiger partial charge in [-0.2, -0.15) is 4.31 Å². The lowest BCUT2D eigenvalue weighted by Crippen LogP contribution is -2.43. The van der Waals surface area contributed by atoms with Crippen molar-refractivity contribution in [1.29, 1.82) is 0 Å². The number of nitrogens with one attached hydrogen (secondary N) is 2. The first-order valence-corrected chi connectivity index (χ1v) is 14.3. The van der Waals surface area contributed by atoms with E-state index in [1.807, 2.05) is 19.1 Å². The van der Waals surface area contributed by atoms with Gasteiger partial charge in [-0.05, 0) is 73.2 Å². The highest BCUT2D eigenvalue weighted by molar-refractivity contribution is 7.89. The number of amides is 2. The van der Waals surface area contributed by atoms with E-state index in [0.717, 1.165) is 11.1 Å². The molecule has 0 aromatic heterocycles. The van der Waals surface area contributed by atoms with Crippen molar-refractivity contribution < 1.29 is 18.0 Å². The fraction of sp³-hybridized carbons (Fsp3) is 0.333. The number of benzene rings is 3.